The largest absolute Gasteiger partial charge is 0.382 e. The molecule has 2 heteroatoms. The van der Waals surface area contributed by atoms with Crippen LogP contribution in [0.2, 0.25) is 0 Å². The van der Waals surface area contributed by atoms with E-state index in [-0.39, 0.29) is 11.5 Å². The van der Waals surface area contributed by atoms with Crippen LogP contribution in [0.25, 0.3) is 0 Å². The molecule has 0 saturated heterocycles. The van der Waals surface area contributed by atoms with Crippen molar-refractivity contribution in [3.05, 3.63) is 35.4 Å². The number of hydrogen-bond acceptors (Lipinski definition) is 2. The van der Waals surface area contributed by atoms with Crippen molar-refractivity contribution in [3.8, 4) is 6.07 Å². The van der Waals surface area contributed by atoms with Gasteiger partial charge in [-0.15, -0.1) is 0 Å². The van der Waals surface area contributed by atoms with Gasteiger partial charge < -0.3 is 4.74 Å². The van der Waals surface area contributed by atoms with Crippen LogP contribution in [0.4, 0.5) is 0 Å². The molecule has 90 valence electrons. The monoisotopic (exact) mass is 229 g/mol. The fourth-order valence-electron chi connectivity index (χ4n) is 2.75. The molecule has 1 aliphatic rings. The van der Waals surface area contributed by atoms with Gasteiger partial charge in [-0.25, -0.2) is 0 Å². The highest BCUT2D eigenvalue weighted by atomic mass is 16.5. The molecule has 0 aliphatic heterocycles. The van der Waals surface area contributed by atoms with Crippen LogP contribution in [0.3, 0.4) is 0 Å². The number of methoxy groups -OCH3 is 1. The van der Waals surface area contributed by atoms with Crippen molar-refractivity contribution in [2.24, 2.45) is 5.41 Å². The lowest BCUT2D eigenvalue weighted by Gasteiger charge is -2.33. The number of benzene rings is 1. The molecular weight excluding hydrogens is 210 g/mol. The van der Waals surface area contributed by atoms with Crippen LogP contribution in [0.15, 0.2) is 24.3 Å². The summed E-state index contributed by atoms with van der Waals surface area (Å²) in [6, 6.07) is 11.0. The van der Waals surface area contributed by atoms with E-state index < -0.39 is 0 Å². The summed E-state index contributed by atoms with van der Waals surface area (Å²) >= 11 is 0. The molecule has 2 unspecified atom stereocenters. The molecule has 0 radical (unpaired) electrons. The summed E-state index contributed by atoms with van der Waals surface area (Å²) in [7, 11) is 1.71. The minimum atomic E-state index is -0.232. The smallest absolute Gasteiger partial charge is 0.0694 e. The first-order valence-electron chi connectivity index (χ1n) is 6.20. The molecule has 1 aromatic rings. The van der Waals surface area contributed by atoms with Crippen molar-refractivity contribution in [1.82, 2.24) is 0 Å². The zero-order valence-electron chi connectivity index (χ0n) is 10.6. The molecule has 0 bridgehead atoms. The van der Waals surface area contributed by atoms with Crippen LogP contribution in [0.5, 0.6) is 0 Å². The SMILES string of the molecule is COC(C)CC1(C#N)CCc2ccccc2C1. The first-order chi connectivity index (χ1) is 8.19. The number of aryl methyl sites for hydroxylation is 1. The molecule has 17 heavy (non-hydrogen) atoms. The Balaban J connectivity index is 2.21. The van der Waals surface area contributed by atoms with Crippen molar-refractivity contribution in [2.75, 3.05) is 7.11 Å². The van der Waals surface area contributed by atoms with Gasteiger partial charge in [0.2, 0.25) is 0 Å². The zero-order chi connectivity index (χ0) is 12.3. The minimum Gasteiger partial charge on any atom is -0.382 e. The van der Waals surface area contributed by atoms with E-state index >= 15 is 0 Å². The average Bonchev–Trinajstić information content (AvgIpc) is 2.38. The van der Waals surface area contributed by atoms with Crippen molar-refractivity contribution in [2.45, 2.75) is 38.7 Å². The van der Waals surface area contributed by atoms with Gasteiger partial charge in [-0.2, -0.15) is 5.26 Å². The van der Waals surface area contributed by atoms with Gasteiger partial charge >= 0.3 is 0 Å². The Morgan fingerprint density at radius 2 is 2.12 bits per heavy atom. The highest BCUT2D eigenvalue weighted by molar-refractivity contribution is 5.32. The number of nitrogens with zero attached hydrogens (tertiary/aromatic N) is 1. The molecule has 2 atom stereocenters. The second-order valence-corrected chi connectivity index (χ2v) is 5.09. The van der Waals surface area contributed by atoms with Crippen molar-refractivity contribution < 1.29 is 4.74 Å². The third-order valence-electron chi connectivity index (χ3n) is 3.84. The molecule has 0 saturated carbocycles. The Morgan fingerprint density at radius 1 is 1.41 bits per heavy atom. The lowest BCUT2D eigenvalue weighted by molar-refractivity contribution is 0.0764. The van der Waals surface area contributed by atoms with Crippen LogP contribution in [0.1, 0.15) is 30.9 Å². The minimum absolute atomic E-state index is 0.153. The average molecular weight is 229 g/mol. The van der Waals surface area contributed by atoms with Gasteiger partial charge in [0.05, 0.1) is 17.6 Å². The first kappa shape index (κ1) is 12.1. The molecule has 1 aromatic carbocycles. The van der Waals surface area contributed by atoms with Gasteiger partial charge in [0.25, 0.3) is 0 Å². The van der Waals surface area contributed by atoms with E-state index in [0.717, 1.165) is 25.7 Å². The van der Waals surface area contributed by atoms with E-state index in [1.807, 2.05) is 6.92 Å². The predicted octanol–water partition coefficient (Wildman–Crippen LogP) is 3.11. The first-order valence-corrected chi connectivity index (χ1v) is 6.20. The van der Waals surface area contributed by atoms with Crippen LogP contribution in [-0.4, -0.2) is 13.2 Å². The maximum Gasteiger partial charge on any atom is 0.0694 e. The van der Waals surface area contributed by atoms with E-state index in [1.165, 1.54) is 11.1 Å². The van der Waals surface area contributed by atoms with Gasteiger partial charge in [-0.3, -0.25) is 0 Å². The summed E-state index contributed by atoms with van der Waals surface area (Å²) in [5.41, 5.74) is 2.51. The number of nitriles is 1. The van der Waals surface area contributed by atoms with E-state index in [2.05, 4.69) is 30.3 Å². The Hall–Kier alpha value is -1.33. The molecule has 0 aromatic heterocycles. The van der Waals surface area contributed by atoms with Crippen molar-refractivity contribution in [1.29, 1.82) is 5.26 Å². The summed E-state index contributed by atoms with van der Waals surface area (Å²) in [6.07, 6.45) is 3.82. The molecule has 1 aliphatic carbocycles. The molecule has 0 amide bonds. The number of fused-ring (bicyclic) bond motifs is 1. The van der Waals surface area contributed by atoms with Crippen LogP contribution in [-0.2, 0) is 17.6 Å². The van der Waals surface area contributed by atoms with E-state index in [9.17, 15) is 5.26 Å². The summed E-state index contributed by atoms with van der Waals surface area (Å²) in [6.45, 7) is 2.04. The number of hydrogen-bond donors (Lipinski definition) is 0. The molecule has 2 rings (SSSR count). The standard InChI is InChI=1S/C15H19NO/c1-12(17-2)9-15(11-16)8-7-13-5-3-4-6-14(13)10-15/h3-6,12H,7-10H2,1-2H3. The number of ether oxygens (including phenoxy) is 1. The van der Waals surface area contributed by atoms with Gasteiger partial charge in [0, 0.05) is 7.11 Å². The second kappa shape index (κ2) is 4.89. The summed E-state index contributed by atoms with van der Waals surface area (Å²) in [4.78, 5) is 0. The molecular formula is C15H19NO. The van der Waals surface area contributed by atoms with E-state index in [0.29, 0.717) is 0 Å². The van der Waals surface area contributed by atoms with Crippen molar-refractivity contribution in [3.63, 3.8) is 0 Å². The zero-order valence-corrected chi connectivity index (χ0v) is 10.6. The Labute approximate surface area is 103 Å². The Morgan fingerprint density at radius 3 is 2.76 bits per heavy atom. The number of rotatable bonds is 3. The van der Waals surface area contributed by atoms with Gasteiger partial charge in [-0.05, 0) is 43.7 Å². The lowest BCUT2D eigenvalue weighted by atomic mass is 9.69. The second-order valence-electron chi connectivity index (χ2n) is 5.09. The fraction of sp³-hybridized carbons (Fsp3) is 0.533. The lowest BCUT2D eigenvalue weighted by Crippen LogP contribution is -2.31. The molecule has 0 spiro atoms. The molecule has 0 heterocycles. The quantitative estimate of drug-likeness (QED) is 0.797. The van der Waals surface area contributed by atoms with Crippen LogP contribution < -0.4 is 0 Å². The van der Waals surface area contributed by atoms with Crippen LogP contribution >= 0.6 is 0 Å². The molecule has 0 N–H and O–H groups in total. The molecule has 2 nitrogen and oxygen atoms in total. The van der Waals surface area contributed by atoms with Crippen LogP contribution in [0, 0.1) is 16.7 Å². The Kier molecular flexibility index (Phi) is 3.49. The summed E-state index contributed by atoms with van der Waals surface area (Å²) < 4.78 is 5.32. The van der Waals surface area contributed by atoms with Gasteiger partial charge in [0.15, 0.2) is 0 Å². The maximum atomic E-state index is 9.51. The summed E-state index contributed by atoms with van der Waals surface area (Å²) in [5.74, 6) is 0. The third kappa shape index (κ3) is 2.50. The molecule has 0 fully saturated rings. The maximum absolute atomic E-state index is 9.51. The highest BCUT2D eigenvalue weighted by Gasteiger charge is 2.35. The van der Waals surface area contributed by atoms with E-state index in [1.54, 1.807) is 7.11 Å². The fourth-order valence-corrected chi connectivity index (χ4v) is 2.75. The van der Waals surface area contributed by atoms with E-state index in [4.69, 9.17) is 4.74 Å². The Bertz CT molecular complexity index is 435. The normalized spacial score (nSPS) is 24.8. The highest BCUT2D eigenvalue weighted by Crippen LogP contribution is 2.39. The predicted molar refractivity (Wildman–Crippen MR) is 67.6 cm³/mol. The summed E-state index contributed by atoms with van der Waals surface area (Å²) in [5, 5.41) is 9.51. The third-order valence-corrected chi connectivity index (χ3v) is 3.84. The van der Waals surface area contributed by atoms with Crippen molar-refractivity contribution >= 4 is 0 Å². The van der Waals surface area contributed by atoms with Gasteiger partial charge in [0.1, 0.15) is 0 Å². The van der Waals surface area contributed by atoms with Gasteiger partial charge in [-0.1, -0.05) is 24.3 Å². The topological polar surface area (TPSA) is 33.0 Å².